The number of alkyl halides is 3. The highest BCUT2D eigenvalue weighted by molar-refractivity contribution is 5.58. The molecule has 1 saturated carbocycles. The summed E-state index contributed by atoms with van der Waals surface area (Å²) in [5.41, 5.74) is -0.659. The van der Waals surface area contributed by atoms with Crippen molar-refractivity contribution < 1.29 is 18.0 Å². The van der Waals surface area contributed by atoms with Crippen LogP contribution in [0.2, 0.25) is 0 Å². The zero-order chi connectivity index (χ0) is 12.4. The van der Waals surface area contributed by atoms with Crippen LogP contribution >= 0.6 is 0 Å². The Bertz CT molecular complexity index is 250. The van der Waals surface area contributed by atoms with Crippen LogP contribution in [0.3, 0.4) is 0 Å². The van der Waals surface area contributed by atoms with Crippen LogP contribution in [0.15, 0.2) is 0 Å². The first-order valence-electron chi connectivity index (χ1n) is 5.57. The molecule has 0 amide bonds. The van der Waals surface area contributed by atoms with E-state index >= 15 is 0 Å². The molecule has 0 heterocycles. The molecule has 0 radical (unpaired) electrons. The highest BCUT2D eigenvalue weighted by atomic mass is 19.4. The van der Waals surface area contributed by atoms with Crippen LogP contribution in [-0.4, -0.2) is 36.5 Å². The number of hydrogen-bond donors (Lipinski definition) is 0. The van der Waals surface area contributed by atoms with Crippen molar-refractivity contribution in [2.45, 2.75) is 45.3 Å². The summed E-state index contributed by atoms with van der Waals surface area (Å²) in [7, 11) is 0. The van der Waals surface area contributed by atoms with E-state index in [0.29, 0.717) is 6.42 Å². The minimum absolute atomic E-state index is 0.0208. The minimum atomic E-state index is -4.18. The molecule has 0 aromatic rings. The van der Waals surface area contributed by atoms with Gasteiger partial charge in [0, 0.05) is 18.0 Å². The Morgan fingerprint density at radius 3 is 2.19 bits per heavy atom. The molecule has 0 bridgehead atoms. The highest BCUT2D eigenvalue weighted by Gasteiger charge is 2.40. The van der Waals surface area contributed by atoms with E-state index in [-0.39, 0.29) is 12.6 Å². The summed E-state index contributed by atoms with van der Waals surface area (Å²) in [6.07, 6.45) is -1.21. The number of aldehydes is 1. The lowest BCUT2D eigenvalue weighted by Crippen LogP contribution is -2.43. The van der Waals surface area contributed by atoms with Crippen molar-refractivity contribution in [1.29, 1.82) is 0 Å². The first-order valence-corrected chi connectivity index (χ1v) is 5.57. The second kappa shape index (κ2) is 4.73. The smallest absolute Gasteiger partial charge is 0.303 e. The molecule has 0 aromatic heterocycles. The van der Waals surface area contributed by atoms with E-state index < -0.39 is 18.1 Å². The van der Waals surface area contributed by atoms with Gasteiger partial charge in [-0.2, -0.15) is 13.2 Å². The first kappa shape index (κ1) is 13.5. The molecule has 0 aromatic carbocycles. The van der Waals surface area contributed by atoms with Gasteiger partial charge in [0.25, 0.3) is 0 Å². The monoisotopic (exact) mass is 237 g/mol. The third kappa shape index (κ3) is 4.12. The molecule has 1 atom stereocenters. The molecular formula is C11H18F3NO. The molecule has 0 aliphatic heterocycles. The van der Waals surface area contributed by atoms with Gasteiger partial charge in [0.1, 0.15) is 6.29 Å². The second-order valence-corrected chi connectivity index (χ2v) is 4.88. The van der Waals surface area contributed by atoms with E-state index in [9.17, 15) is 18.0 Å². The van der Waals surface area contributed by atoms with Gasteiger partial charge in [-0.15, -0.1) is 0 Å². The van der Waals surface area contributed by atoms with Crippen LogP contribution in [-0.2, 0) is 4.79 Å². The maximum Gasteiger partial charge on any atom is 0.401 e. The summed E-state index contributed by atoms with van der Waals surface area (Å²) in [6, 6.07) is 0.0208. The lowest BCUT2D eigenvalue weighted by molar-refractivity contribution is -0.151. The van der Waals surface area contributed by atoms with Crippen molar-refractivity contribution >= 4 is 6.29 Å². The van der Waals surface area contributed by atoms with E-state index in [4.69, 9.17) is 0 Å². The summed E-state index contributed by atoms with van der Waals surface area (Å²) in [4.78, 5) is 12.3. The lowest BCUT2D eigenvalue weighted by atomic mass is 9.89. The fourth-order valence-electron chi connectivity index (χ4n) is 1.68. The zero-order valence-corrected chi connectivity index (χ0v) is 9.68. The van der Waals surface area contributed by atoms with Crippen molar-refractivity contribution in [3.63, 3.8) is 0 Å². The summed E-state index contributed by atoms with van der Waals surface area (Å²) in [5, 5.41) is 0. The molecule has 1 unspecified atom stereocenters. The Labute approximate surface area is 93.8 Å². The Morgan fingerprint density at radius 2 is 1.88 bits per heavy atom. The van der Waals surface area contributed by atoms with Crippen molar-refractivity contribution in [3.05, 3.63) is 0 Å². The van der Waals surface area contributed by atoms with Gasteiger partial charge >= 0.3 is 6.18 Å². The van der Waals surface area contributed by atoms with E-state index in [0.717, 1.165) is 19.1 Å². The number of nitrogens with zero attached hydrogens (tertiary/aromatic N) is 1. The van der Waals surface area contributed by atoms with Gasteiger partial charge in [0.15, 0.2) is 0 Å². The van der Waals surface area contributed by atoms with Crippen molar-refractivity contribution in [1.82, 2.24) is 4.90 Å². The third-order valence-corrected chi connectivity index (χ3v) is 3.10. The second-order valence-electron chi connectivity index (χ2n) is 4.88. The fraction of sp³-hybridized carbons (Fsp3) is 0.909. The molecule has 94 valence electrons. The van der Waals surface area contributed by atoms with Gasteiger partial charge in [-0.3, -0.25) is 4.90 Å². The average Bonchev–Trinajstić information content (AvgIpc) is 2.97. The predicted octanol–water partition coefficient (Wildman–Crippen LogP) is 2.63. The number of hydrogen-bond acceptors (Lipinski definition) is 2. The molecule has 1 aliphatic rings. The fourth-order valence-corrected chi connectivity index (χ4v) is 1.68. The standard InChI is InChI=1S/C11H18F3NO/c1-3-10(2,8-16)6-15(9-4-5-9)7-11(12,13)14/h8-9H,3-7H2,1-2H3. The molecule has 0 saturated heterocycles. The number of rotatable bonds is 6. The van der Waals surface area contributed by atoms with Gasteiger partial charge in [-0.1, -0.05) is 13.8 Å². The molecule has 1 aliphatic carbocycles. The van der Waals surface area contributed by atoms with Gasteiger partial charge in [-0.25, -0.2) is 0 Å². The molecule has 0 spiro atoms. The van der Waals surface area contributed by atoms with Crippen LogP contribution in [0, 0.1) is 5.41 Å². The molecule has 5 heteroatoms. The molecule has 1 rings (SSSR count). The summed E-state index contributed by atoms with van der Waals surface area (Å²) < 4.78 is 37.0. The summed E-state index contributed by atoms with van der Waals surface area (Å²) in [6.45, 7) is 2.84. The van der Waals surface area contributed by atoms with E-state index in [2.05, 4.69) is 0 Å². The van der Waals surface area contributed by atoms with E-state index in [1.54, 1.807) is 6.92 Å². The SMILES string of the molecule is CCC(C)(C=O)CN(CC(F)(F)F)C1CC1. The average molecular weight is 237 g/mol. The minimum Gasteiger partial charge on any atom is -0.303 e. The van der Waals surface area contributed by atoms with E-state index in [1.807, 2.05) is 6.92 Å². The highest BCUT2D eigenvalue weighted by Crippen LogP contribution is 2.33. The Hall–Kier alpha value is -0.580. The van der Waals surface area contributed by atoms with Crippen LogP contribution in [0.25, 0.3) is 0 Å². The van der Waals surface area contributed by atoms with Gasteiger partial charge < -0.3 is 4.79 Å². The maximum absolute atomic E-state index is 12.3. The molecule has 16 heavy (non-hydrogen) atoms. The van der Waals surface area contributed by atoms with Crippen LogP contribution in [0.4, 0.5) is 13.2 Å². The van der Waals surface area contributed by atoms with Crippen molar-refractivity contribution in [2.75, 3.05) is 13.1 Å². The van der Waals surface area contributed by atoms with Crippen LogP contribution in [0.1, 0.15) is 33.1 Å². The number of carbonyl (C=O) groups excluding carboxylic acids is 1. The quantitative estimate of drug-likeness (QED) is 0.662. The van der Waals surface area contributed by atoms with Gasteiger partial charge in [0.05, 0.1) is 6.54 Å². The Morgan fingerprint density at radius 1 is 1.31 bits per heavy atom. The van der Waals surface area contributed by atoms with Crippen molar-refractivity contribution in [2.24, 2.45) is 5.41 Å². The van der Waals surface area contributed by atoms with Gasteiger partial charge in [-0.05, 0) is 19.3 Å². The van der Waals surface area contributed by atoms with Gasteiger partial charge in [0.2, 0.25) is 0 Å². The number of halogens is 3. The van der Waals surface area contributed by atoms with Crippen molar-refractivity contribution in [3.8, 4) is 0 Å². The molecule has 1 fully saturated rings. The molecule has 0 N–H and O–H groups in total. The first-order chi connectivity index (χ1) is 7.29. The largest absolute Gasteiger partial charge is 0.401 e. The molecule has 2 nitrogen and oxygen atoms in total. The molecular weight excluding hydrogens is 219 g/mol. The zero-order valence-electron chi connectivity index (χ0n) is 9.68. The van der Waals surface area contributed by atoms with E-state index in [1.165, 1.54) is 4.90 Å². The summed E-state index contributed by atoms with van der Waals surface area (Å²) >= 11 is 0. The predicted molar refractivity (Wildman–Crippen MR) is 55.1 cm³/mol. The third-order valence-electron chi connectivity index (χ3n) is 3.10. The Balaban J connectivity index is 2.61. The maximum atomic E-state index is 12.3. The lowest BCUT2D eigenvalue weighted by Gasteiger charge is -2.31. The summed E-state index contributed by atoms with van der Waals surface area (Å²) in [5.74, 6) is 0. The van der Waals surface area contributed by atoms with Crippen LogP contribution in [0.5, 0.6) is 0 Å². The van der Waals surface area contributed by atoms with Crippen LogP contribution < -0.4 is 0 Å². The topological polar surface area (TPSA) is 20.3 Å². The number of carbonyl (C=O) groups is 1. The Kier molecular flexibility index (Phi) is 3.99. The normalized spacial score (nSPS) is 20.9.